The molecule has 152 valence electrons. The Labute approximate surface area is 177 Å². The number of carbonyl (C=O) groups excluding carboxylic acids is 3. The molecule has 0 spiro atoms. The van der Waals surface area contributed by atoms with Crippen LogP contribution in [0.4, 0.5) is 10.5 Å². The number of rotatable bonds is 5. The molecule has 2 N–H and O–H groups in total. The number of amides is 2. The first-order chi connectivity index (χ1) is 14.0. The SMILES string of the molecule is O=C(NC[C@H]1CN(c2ccc(C3CCNCC3=O)cc2)C(=O)O1)c1ccc(Cl)s1. The highest BCUT2D eigenvalue weighted by Gasteiger charge is 2.33. The van der Waals surface area contributed by atoms with Gasteiger partial charge in [-0.25, -0.2) is 4.79 Å². The normalized spacial score (nSPS) is 21.9. The molecule has 2 aromatic rings. The number of hydrogen-bond acceptors (Lipinski definition) is 6. The van der Waals surface area contributed by atoms with Gasteiger partial charge in [-0.1, -0.05) is 23.7 Å². The maximum atomic E-state index is 12.3. The summed E-state index contributed by atoms with van der Waals surface area (Å²) in [4.78, 5) is 38.5. The van der Waals surface area contributed by atoms with Crippen LogP contribution < -0.4 is 15.5 Å². The van der Waals surface area contributed by atoms with E-state index in [1.807, 2.05) is 24.3 Å². The van der Waals surface area contributed by atoms with Crippen LogP contribution in [0, 0.1) is 0 Å². The van der Waals surface area contributed by atoms with E-state index in [2.05, 4.69) is 10.6 Å². The fourth-order valence-corrected chi connectivity index (χ4v) is 4.51. The molecule has 4 rings (SSSR count). The summed E-state index contributed by atoms with van der Waals surface area (Å²) in [5.41, 5.74) is 1.67. The van der Waals surface area contributed by atoms with Crippen LogP contribution >= 0.6 is 22.9 Å². The van der Waals surface area contributed by atoms with E-state index >= 15 is 0 Å². The van der Waals surface area contributed by atoms with Gasteiger partial charge in [-0.05, 0) is 42.8 Å². The third-order valence-electron chi connectivity index (χ3n) is 5.07. The number of hydrogen-bond donors (Lipinski definition) is 2. The Balaban J connectivity index is 1.35. The lowest BCUT2D eigenvalue weighted by atomic mass is 9.89. The number of nitrogens with zero attached hydrogens (tertiary/aromatic N) is 1. The van der Waals surface area contributed by atoms with Gasteiger partial charge >= 0.3 is 6.09 Å². The third-order valence-corrected chi connectivity index (χ3v) is 6.30. The largest absolute Gasteiger partial charge is 0.442 e. The highest BCUT2D eigenvalue weighted by molar-refractivity contribution is 7.18. The zero-order valence-electron chi connectivity index (χ0n) is 15.5. The van der Waals surface area contributed by atoms with Crippen molar-refractivity contribution in [3.8, 4) is 0 Å². The monoisotopic (exact) mass is 433 g/mol. The number of ether oxygens (including phenoxy) is 1. The lowest BCUT2D eigenvalue weighted by Crippen LogP contribution is -2.35. The average molecular weight is 434 g/mol. The fraction of sp³-hybridized carbons (Fsp3) is 0.350. The Morgan fingerprint density at radius 3 is 2.72 bits per heavy atom. The quantitative estimate of drug-likeness (QED) is 0.757. The van der Waals surface area contributed by atoms with Crippen LogP contribution in [-0.4, -0.2) is 50.1 Å². The maximum Gasteiger partial charge on any atom is 0.414 e. The first-order valence-electron chi connectivity index (χ1n) is 9.36. The van der Waals surface area contributed by atoms with E-state index in [-0.39, 0.29) is 24.2 Å². The zero-order chi connectivity index (χ0) is 20.4. The molecule has 2 saturated heterocycles. The van der Waals surface area contributed by atoms with Crippen molar-refractivity contribution in [2.24, 2.45) is 0 Å². The highest BCUT2D eigenvalue weighted by atomic mass is 35.5. The van der Waals surface area contributed by atoms with Crippen molar-refractivity contribution in [3.63, 3.8) is 0 Å². The van der Waals surface area contributed by atoms with Crippen molar-refractivity contribution in [2.75, 3.05) is 31.1 Å². The van der Waals surface area contributed by atoms with Crippen molar-refractivity contribution in [1.29, 1.82) is 0 Å². The number of cyclic esters (lactones) is 1. The average Bonchev–Trinajstić information content (AvgIpc) is 3.32. The lowest BCUT2D eigenvalue weighted by molar-refractivity contribution is -0.120. The van der Waals surface area contributed by atoms with Gasteiger partial charge in [-0.15, -0.1) is 11.3 Å². The summed E-state index contributed by atoms with van der Waals surface area (Å²) in [6.45, 7) is 1.78. The Morgan fingerprint density at radius 1 is 1.24 bits per heavy atom. The van der Waals surface area contributed by atoms with Gasteiger partial charge in [0.2, 0.25) is 0 Å². The number of carbonyl (C=O) groups is 3. The van der Waals surface area contributed by atoms with Crippen molar-refractivity contribution in [1.82, 2.24) is 10.6 Å². The molecule has 3 heterocycles. The molecule has 2 aliphatic rings. The van der Waals surface area contributed by atoms with Crippen LogP contribution in [0.25, 0.3) is 0 Å². The zero-order valence-corrected chi connectivity index (χ0v) is 17.1. The Bertz CT molecular complexity index is 930. The first-order valence-corrected chi connectivity index (χ1v) is 10.6. The van der Waals surface area contributed by atoms with Crippen molar-refractivity contribution >= 4 is 46.4 Å². The van der Waals surface area contributed by atoms with Crippen LogP contribution in [0.15, 0.2) is 36.4 Å². The first kappa shape index (κ1) is 19.9. The van der Waals surface area contributed by atoms with Gasteiger partial charge in [0.1, 0.15) is 6.10 Å². The molecule has 0 saturated carbocycles. The molecule has 7 nitrogen and oxygen atoms in total. The second-order valence-corrected chi connectivity index (χ2v) is 8.72. The van der Waals surface area contributed by atoms with Gasteiger partial charge in [0, 0.05) is 11.6 Å². The van der Waals surface area contributed by atoms with Crippen molar-refractivity contribution < 1.29 is 19.1 Å². The van der Waals surface area contributed by atoms with Crippen molar-refractivity contribution in [2.45, 2.75) is 18.4 Å². The molecule has 2 amide bonds. The van der Waals surface area contributed by atoms with E-state index in [9.17, 15) is 14.4 Å². The Kier molecular flexibility index (Phi) is 5.84. The molecule has 29 heavy (non-hydrogen) atoms. The number of piperidine rings is 1. The molecule has 0 radical (unpaired) electrons. The number of benzene rings is 1. The van der Waals surface area contributed by atoms with Crippen LogP contribution in [0.2, 0.25) is 4.34 Å². The highest BCUT2D eigenvalue weighted by Crippen LogP contribution is 2.27. The summed E-state index contributed by atoms with van der Waals surface area (Å²) in [7, 11) is 0. The predicted molar refractivity (Wildman–Crippen MR) is 111 cm³/mol. The maximum absolute atomic E-state index is 12.3. The summed E-state index contributed by atoms with van der Waals surface area (Å²) < 4.78 is 5.92. The van der Waals surface area contributed by atoms with Gasteiger partial charge in [0.15, 0.2) is 5.78 Å². The molecular formula is C20H20ClN3O4S. The summed E-state index contributed by atoms with van der Waals surface area (Å²) >= 11 is 7.04. The molecule has 0 aliphatic carbocycles. The van der Waals surface area contributed by atoms with Gasteiger partial charge in [-0.2, -0.15) is 0 Å². The number of nitrogens with one attached hydrogen (secondary N) is 2. The molecular weight excluding hydrogens is 414 g/mol. The predicted octanol–water partition coefficient (Wildman–Crippen LogP) is 2.80. The summed E-state index contributed by atoms with van der Waals surface area (Å²) in [5.74, 6) is -0.149. The van der Waals surface area contributed by atoms with Crippen LogP contribution in [0.3, 0.4) is 0 Å². The molecule has 1 aromatic carbocycles. The minimum absolute atomic E-state index is 0.0930. The number of anilines is 1. The minimum atomic E-state index is -0.450. The van der Waals surface area contributed by atoms with Gasteiger partial charge < -0.3 is 15.4 Å². The third kappa shape index (κ3) is 4.44. The second kappa shape index (κ2) is 8.52. The molecule has 2 atom stereocenters. The van der Waals surface area contributed by atoms with Crippen molar-refractivity contribution in [3.05, 3.63) is 51.2 Å². The standard InChI is InChI=1S/C20H20ClN3O4S/c21-18-6-5-17(29-18)19(26)23-9-14-11-24(20(27)28-14)13-3-1-12(2-4-13)15-7-8-22-10-16(15)25/h1-6,14-15,22H,7-11H2,(H,23,26)/t14-,15?/m0/s1. The van der Waals surface area contributed by atoms with Gasteiger partial charge in [0.25, 0.3) is 5.91 Å². The molecule has 9 heteroatoms. The van der Waals surface area contributed by atoms with E-state index in [1.165, 1.54) is 16.2 Å². The Hall–Kier alpha value is -2.42. The molecule has 0 bridgehead atoms. The van der Waals surface area contributed by atoms with E-state index in [4.69, 9.17) is 16.3 Å². The van der Waals surface area contributed by atoms with Gasteiger partial charge in [-0.3, -0.25) is 14.5 Å². The van der Waals surface area contributed by atoms with E-state index in [0.717, 1.165) is 18.5 Å². The topological polar surface area (TPSA) is 87.7 Å². The summed E-state index contributed by atoms with van der Waals surface area (Å²) in [6, 6.07) is 10.8. The lowest BCUT2D eigenvalue weighted by Gasteiger charge is -2.22. The van der Waals surface area contributed by atoms with Crippen LogP contribution in [0.1, 0.15) is 27.6 Å². The van der Waals surface area contributed by atoms with Crippen LogP contribution in [0.5, 0.6) is 0 Å². The molecule has 2 aliphatic heterocycles. The molecule has 1 aromatic heterocycles. The van der Waals surface area contributed by atoms with Gasteiger partial charge in [0.05, 0.1) is 28.8 Å². The number of halogens is 1. The number of thiophene rings is 1. The number of Topliss-reactive ketones (excluding diaryl/α,β-unsaturated/α-hetero) is 1. The fourth-order valence-electron chi connectivity index (χ4n) is 3.55. The summed E-state index contributed by atoms with van der Waals surface area (Å²) in [6.07, 6.45) is -0.108. The van der Waals surface area contributed by atoms with E-state index < -0.39 is 12.2 Å². The smallest absolute Gasteiger partial charge is 0.414 e. The molecule has 1 unspecified atom stereocenters. The second-order valence-electron chi connectivity index (χ2n) is 7.01. The minimum Gasteiger partial charge on any atom is -0.442 e. The summed E-state index contributed by atoms with van der Waals surface area (Å²) in [5, 5.41) is 5.85. The van der Waals surface area contributed by atoms with E-state index in [0.29, 0.717) is 28.0 Å². The molecule has 2 fully saturated rings. The number of ketones is 1. The van der Waals surface area contributed by atoms with Crippen LogP contribution in [-0.2, 0) is 9.53 Å². The van der Waals surface area contributed by atoms with E-state index in [1.54, 1.807) is 12.1 Å². The Morgan fingerprint density at radius 2 is 2.03 bits per heavy atom.